The Labute approximate surface area is 126 Å². The molecule has 0 N–H and O–H groups in total. The van der Waals surface area contributed by atoms with Gasteiger partial charge in [0.15, 0.2) is 0 Å². The highest BCUT2D eigenvalue weighted by Crippen LogP contribution is 2.13. The molecule has 0 bridgehead atoms. The molecule has 110 valence electrons. The Hall–Kier alpha value is -1.06. The van der Waals surface area contributed by atoms with Crippen LogP contribution in [0.1, 0.15) is 27.9 Å². The summed E-state index contributed by atoms with van der Waals surface area (Å²) in [5, 5.41) is 0. The van der Waals surface area contributed by atoms with Crippen LogP contribution in [0.3, 0.4) is 0 Å². The van der Waals surface area contributed by atoms with Crippen LogP contribution in [0, 0.1) is 13.8 Å². The largest absolute Gasteiger partial charge is 0.337 e. The van der Waals surface area contributed by atoms with Gasteiger partial charge in [-0.1, -0.05) is 6.07 Å². The quantitative estimate of drug-likeness (QED) is 0.800. The molecule has 1 heterocycles. The third kappa shape index (κ3) is 3.74. The molecule has 1 aliphatic heterocycles. The zero-order chi connectivity index (χ0) is 14.5. The van der Waals surface area contributed by atoms with Gasteiger partial charge >= 0.3 is 0 Å². The average Bonchev–Trinajstić information content (AvgIpc) is 2.67. The number of nitrogens with zero attached hydrogens (tertiary/aromatic N) is 2. The highest BCUT2D eigenvalue weighted by molar-refractivity contribution is 6.18. The lowest BCUT2D eigenvalue weighted by Gasteiger charge is -2.22. The summed E-state index contributed by atoms with van der Waals surface area (Å²) in [6.07, 6.45) is 1.02. The molecule has 0 aromatic heterocycles. The van der Waals surface area contributed by atoms with Gasteiger partial charge in [0.25, 0.3) is 5.91 Å². The molecule has 1 amide bonds. The van der Waals surface area contributed by atoms with Crippen LogP contribution in [0.4, 0.5) is 0 Å². The summed E-state index contributed by atoms with van der Waals surface area (Å²) >= 11 is 5.79. The summed E-state index contributed by atoms with van der Waals surface area (Å²) < 4.78 is 0. The second-order valence-corrected chi connectivity index (χ2v) is 5.85. The number of aryl methyl sites for hydroxylation is 2. The number of hydrogen-bond donors (Lipinski definition) is 0. The molecule has 1 aromatic rings. The Bertz CT molecular complexity index is 476. The van der Waals surface area contributed by atoms with E-state index in [1.807, 2.05) is 23.1 Å². The monoisotopic (exact) mass is 294 g/mol. The van der Waals surface area contributed by atoms with Crippen molar-refractivity contribution < 1.29 is 4.79 Å². The molecule has 20 heavy (non-hydrogen) atoms. The molecule has 0 aliphatic carbocycles. The van der Waals surface area contributed by atoms with Gasteiger partial charge in [-0.25, -0.2) is 0 Å². The fourth-order valence-electron chi connectivity index (χ4n) is 2.57. The summed E-state index contributed by atoms with van der Waals surface area (Å²) in [7, 11) is 0. The number of rotatable bonds is 3. The van der Waals surface area contributed by atoms with Gasteiger partial charge in [0.2, 0.25) is 0 Å². The molecule has 0 radical (unpaired) electrons. The lowest BCUT2D eigenvalue weighted by Crippen LogP contribution is -2.35. The Balaban J connectivity index is 2.03. The van der Waals surface area contributed by atoms with Crippen molar-refractivity contribution in [2.45, 2.75) is 20.3 Å². The smallest absolute Gasteiger partial charge is 0.253 e. The van der Waals surface area contributed by atoms with E-state index in [0.717, 1.165) is 44.7 Å². The number of benzene rings is 1. The molecule has 1 aliphatic rings. The lowest BCUT2D eigenvalue weighted by molar-refractivity contribution is 0.0761. The Morgan fingerprint density at radius 3 is 2.65 bits per heavy atom. The fourth-order valence-corrected chi connectivity index (χ4v) is 2.81. The van der Waals surface area contributed by atoms with E-state index in [4.69, 9.17) is 11.6 Å². The minimum Gasteiger partial charge on any atom is -0.337 e. The highest BCUT2D eigenvalue weighted by atomic mass is 35.5. The van der Waals surface area contributed by atoms with Crippen LogP contribution in [-0.2, 0) is 0 Å². The minimum atomic E-state index is 0.154. The van der Waals surface area contributed by atoms with Crippen molar-refractivity contribution in [2.75, 3.05) is 38.6 Å². The molecule has 1 saturated heterocycles. The zero-order valence-corrected chi connectivity index (χ0v) is 13.1. The first-order chi connectivity index (χ1) is 9.61. The zero-order valence-electron chi connectivity index (χ0n) is 12.4. The fraction of sp³-hybridized carbons (Fsp3) is 0.562. The molecule has 0 atom stereocenters. The van der Waals surface area contributed by atoms with Crippen molar-refractivity contribution in [1.29, 1.82) is 0 Å². The van der Waals surface area contributed by atoms with Crippen LogP contribution in [0.5, 0.6) is 0 Å². The van der Waals surface area contributed by atoms with Crippen molar-refractivity contribution >= 4 is 17.5 Å². The van der Waals surface area contributed by atoms with E-state index in [9.17, 15) is 4.79 Å². The summed E-state index contributed by atoms with van der Waals surface area (Å²) in [6.45, 7) is 8.61. The molecule has 1 aromatic carbocycles. The topological polar surface area (TPSA) is 23.6 Å². The number of carbonyl (C=O) groups excluding carboxylic acids is 1. The van der Waals surface area contributed by atoms with E-state index in [2.05, 4.69) is 18.7 Å². The van der Waals surface area contributed by atoms with E-state index in [0.29, 0.717) is 5.88 Å². The Kier molecular flexibility index (Phi) is 5.44. The Morgan fingerprint density at radius 1 is 1.15 bits per heavy atom. The number of hydrogen-bond acceptors (Lipinski definition) is 2. The number of alkyl halides is 1. The predicted octanol–water partition coefficient (Wildman–Crippen LogP) is 2.69. The van der Waals surface area contributed by atoms with Gasteiger partial charge in [-0.15, -0.1) is 11.6 Å². The molecule has 4 heteroatoms. The van der Waals surface area contributed by atoms with Gasteiger partial charge in [-0.2, -0.15) is 0 Å². The van der Waals surface area contributed by atoms with Gasteiger partial charge in [0, 0.05) is 37.6 Å². The number of halogens is 1. The standard InChI is InChI=1S/C16H23ClN2O/c1-13-4-5-15(12-14(13)2)16(20)19-8-3-7-18(9-6-17)10-11-19/h4-5,12H,3,6-11H2,1-2H3. The van der Waals surface area contributed by atoms with Crippen molar-refractivity contribution in [3.05, 3.63) is 34.9 Å². The van der Waals surface area contributed by atoms with E-state index in [1.165, 1.54) is 11.1 Å². The number of amides is 1. The molecule has 0 saturated carbocycles. The van der Waals surface area contributed by atoms with Crippen LogP contribution in [0.25, 0.3) is 0 Å². The van der Waals surface area contributed by atoms with E-state index in [-0.39, 0.29) is 5.91 Å². The predicted molar refractivity (Wildman–Crippen MR) is 83.6 cm³/mol. The minimum absolute atomic E-state index is 0.154. The van der Waals surface area contributed by atoms with E-state index >= 15 is 0 Å². The molecule has 0 unspecified atom stereocenters. The van der Waals surface area contributed by atoms with Crippen LogP contribution < -0.4 is 0 Å². The molecule has 2 rings (SSSR count). The molecule has 3 nitrogen and oxygen atoms in total. The first kappa shape index (κ1) is 15.3. The maximum Gasteiger partial charge on any atom is 0.253 e. The third-order valence-corrected chi connectivity index (χ3v) is 4.20. The van der Waals surface area contributed by atoms with Crippen molar-refractivity contribution in [3.8, 4) is 0 Å². The van der Waals surface area contributed by atoms with Crippen molar-refractivity contribution in [3.63, 3.8) is 0 Å². The maximum atomic E-state index is 12.6. The average molecular weight is 295 g/mol. The van der Waals surface area contributed by atoms with Gasteiger partial charge in [0.05, 0.1) is 0 Å². The maximum absolute atomic E-state index is 12.6. The normalized spacial score (nSPS) is 17.1. The molecular weight excluding hydrogens is 272 g/mol. The summed E-state index contributed by atoms with van der Waals surface area (Å²) in [5.74, 6) is 0.811. The summed E-state index contributed by atoms with van der Waals surface area (Å²) in [4.78, 5) is 16.9. The van der Waals surface area contributed by atoms with Gasteiger partial charge in [-0.05, 0) is 50.1 Å². The molecule has 1 fully saturated rings. The lowest BCUT2D eigenvalue weighted by atomic mass is 10.1. The highest BCUT2D eigenvalue weighted by Gasteiger charge is 2.20. The van der Waals surface area contributed by atoms with Crippen molar-refractivity contribution in [2.24, 2.45) is 0 Å². The SMILES string of the molecule is Cc1ccc(C(=O)N2CCCN(CCCl)CC2)cc1C. The van der Waals surface area contributed by atoms with Gasteiger partial charge in [0.1, 0.15) is 0 Å². The van der Waals surface area contributed by atoms with Crippen LogP contribution in [-0.4, -0.2) is 54.3 Å². The van der Waals surface area contributed by atoms with Crippen molar-refractivity contribution in [1.82, 2.24) is 9.80 Å². The summed E-state index contributed by atoms with van der Waals surface area (Å²) in [6, 6.07) is 5.96. The second-order valence-electron chi connectivity index (χ2n) is 5.48. The van der Waals surface area contributed by atoms with Gasteiger partial charge in [-0.3, -0.25) is 4.79 Å². The molecular formula is C16H23ClN2O. The van der Waals surface area contributed by atoms with E-state index in [1.54, 1.807) is 0 Å². The first-order valence-corrected chi connectivity index (χ1v) is 7.80. The third-order valence-electron chi connectivity index (χ3n) is 4.03. The molecule has 0 spiro atoms. The van der Waals surface area contributed by atoms with Crippen LogP contribution in [0.15, 0.2) is 18.2 Å². The Morgan fingerprint density at radius 2 is 1.95 bits per heavy atom. The van der Waals surface area contributed by atoms with E-state index < -0.39 is 0 Å². The van der Waals surface area contributed by atoms with Crippen LogP contribution in [0.2, 0.25) is 0 Å². The van der Waals surface area contributed by atoms with Gasteiger partial charge < -0.3 is 9.80 Å². The summed E-state index contributed by atoms with van der Waals surface area (Å²) in [5.41, 5.74) is 3.21. The van der Waals surface area contributed by atoms with Crippen LogP contribution >= 0.6 is 11.6 Å². The second kappa shape index (κ2) is 7.09. The number of carbonyl (C=O) groups is 1. The first-order valence-electron chi connectivity index (χ1n) is 7.26.